The third kappa shape index (κ3) is 6.00. The summed E-state index contributed by atoms with van der Waals surface area (Å²) in [6.45, 7) is 9.21. The first-order valence-corrected chi connectivity index (χ1v) is 9.18. The van der Waals surface area contributed by atoms with E-state index in [2.05, 4.69) is 5.32 Å². The number of aryl methyl sites for hydroxylation is 1. The zero-order valence-electron chi connectivity index (χ0n) is 16.1. The number of likely N-dealkylation sites (tertiary alicyclic amines) is 1. The highest BCUT2D eigenvalue weighted by atomic mass is 19.1. The molecule has 144 valence electrons. The largest absolute Gasteiger partial charge is 0.444 e. The summed E-state index contributed by atoms with van der Waals surface area (Å²) in [5.41, 5.74) is 0.613. The minimum Gasteiger partial charge on any atom is -0.444 e. The van der Waals surface area contributed by atoms with Crippen molar-refractivity contribution in [1.29, 1.82) is 0 Å². The summed E-state index contributed by atoms with van der Waals surface area (Å²) in [6.07, 6.45) is 2.45. The Morgan fingerprint density at radius 2 is 2.08 bits per heavy atom. The maximum Gasteiger partial charge on any atom is 0.410 e. The van der Waals surface area contributed by atoms with Gasteiger partial charge in [0.1, 0.15) is 11.4 Å². The van der Waals surface area contributed by atoms with E-state index in [1.165, 1.54) is 12.1 Å². The van der Waals surface area contributed by atoms with E-state index < -0.39 is 11.4 Å². The average Bonchev–Trinajstić information content (AvgIpc) is 2.55. The van der Waals surface area contributed by atoms with Crippen molar-refractivity contribution in [3.05, 3.63) is 35.1 Å². The lowest BCUT2D eigenvalue weighted by Crippen LogP contribution is -2.43. The van der Waals surface area contributed by atoms with Crippen LogP contribution in [0, 0.1) is 18.7 Å². The number of carbonyl (C=O) groups excluding carboxylic acids is 2. The molecule has 0 bridgehead atoms. The van der Waals surface area contributed by atoms with E-state index in [1.54, 1.807) is 17.9 Å². The van der Waals surface area contributed by atoms with E-state index in [0.29, 0.717) is 31.1 Å². The van der Waals surface area contributed by atoms with Crippen molar-refractivity contribution in [3.63, 3.8) is 0 Å². The van der Waals surface area contributed by atoms with Gasteiger partial charge in [0, 0.05) is 25.2 Å². The fraction of sp³-hybridized carbons (Fsp3) is 0.600. The molecule has 2 rings (SSSR count). The number of ether oxygens (including phenoxy) is 1. The topological polar surface area (TPSA) is 58.6 Å². The molecule has 5 nitrogen and oxygen atoms in total. The van der Waals surface area contributed by atoms with Crippen LogP contribution in [0.4, 0.5) is 9.18 Å². The number of halogens is 1. The zero-order chi connectivity index (χ0) is 19.3. The number of nitrogens with one attached hydrogen (secondary N) is 1. The minimum absolute atomic E-state index is 0.262. The maximum absolute atomic E-state index is 13.3. The van der Waals surface area contributed by atoms with Crippen molar-refractivity contribution in [2.24, 2.45) is 5.92 Å². The van der Waals surface area contributed by atoms with Crippen LogP contribution in [-0.2, 0) is 4.74 Å². The molecule has 1 aromatic rings. The van der Waals surface area contributed by atoms with E-state index >= 15 is 0 Å². The second kappa shape index (κ2) is 8.52. The molecule has 0 aromatic heterocycles. The van der Waals surface area contributed by atoms with E-state index in [9.17, 15) is 14.0 Å². The predicted octanol–water partition coefficient (Wildman–Crippen LogP) is 3.90. The fourth-order valence-electron chi connectivity index (χ4n) is 3.12. The van der Waals surface area contributed by atoms with Gasteiger partial charge < -0.3 is 15.0 Å². The Labute approximate surface area is 154 Å². The maximum atomic E-state index is 13.3. The van der Waals surface area contributed by atoms with Gasteiger partial charge in [0.25, 0.3) is 5.91 Å². The first kappa shape index (κ1) is 20.2. The number of rotatable bonds is 4. The minimum atomic E-state index is -0.499. The second-order valence-corrected chi connectivity index (χ2v) is 7.94. The molecule has 1 atom stereocenters. The third-order valence-electron chi connectivity index (χ3n) is 4.45. The van der Waals surface area contributed by atoms with Gasteiger partial charge in [-0.2, -0.15) is 0 Å². The molecule has 1 aliphatic heterocycles. The molecule has 6 heteroatoms. The van der Waals surface area contributed by atoms with E-state index in [0.717, 1.165) is 24.8 Å². The number of piperidine rings is 1. The van der Waals surface area contributed by atoms with Crippen LogP contribution in [0.3, 0.4) is 0 Å². The van der Waals surface area contributed by atoms with Gasteiger partial charge in [-0.3, -0.25) is 4.79 Å². The lowest BCUT2D eigenvalue weighted by Gasteiger charge is -2.34. The Morgan fingerprint density at radius 3 is 2.77 bits per heavy atom. The number of hydrogen-bond donors (Lipinski definition) is 1. The Morgan fingerprint density at radius 1 is 1.35 bits per heavy atom. The van der Waals surface area contributed by atoms with Crippen molar-refractivity contribution in [2.45, 2.75) is 52.6 Å². The van der Waals surface area contributed by atoms with Gasteiger partial charge in [-0.15, -0.1) is 0 Å². The van der Waals surface area contributed by atoms with Gasteiger partial charge in [-0.1, -0.05) is 6.07 Å². The van der Waals surface area contributed by atoms with Crippen molar-refractivity contribution in [3.8, 4) is 0 Å². The summed E-state index contributed by atoms with van der Waals surface area (Å²) in [6, 6.07) is 4.21. The monoisotopic (exact) mass is 364 g/mol. The quantitative estimate of drug-likeness (QED) is 0.881. The Balaban J connectivity index is 1.81. The van der Waals surface area contributed by atoms with Crippen LogP contribution < -0.4 is 5.32 Å². The van der Waals surface area contributed by atoms with Gasteiger partial charge in [-0.25, -0.2) is 9.18 Å². The first-order valence-electron chi connectivity index (χ1n) is 9.18. The van der Waals surface area contributed by atoms with Crippen LogP contribution in [0.5, 0.6) is 0 Å². The molecule has 26 heavy (non-hydrogen) atoms. The van der Waals surface area contributed by atoms with Crippen LogP contribution in [0.2, 0.25) is 0 Å². The molecule has 1 saturated heterocycles. The number of amides is 2. The second-order valence-electron chi connectivity index (χ2n) is 7.94. The predicted molar refractivity (Wildman–Crippen MR) is 98.6 cm³/mol. The molecular formula is C20H29FN2O3. The molecular weight excluding hydrogens is 335 g/mol. The van der Waals surface area contributed by atoms with Gasteiger partial charge in [-0.05, 0) is 70.6 Å². The normalized spacial score (nSPS) is 17.7. The summed E-state index contributed by atoms with van der Waals surface area (Å²) in [7, 11) is 0. The lowest BCUT2D eigenvalue weighted by molar-refractivity contribution is 0.0161. The molecule has 0 radical (unpaired) electrons. The highest BCUT2D eigenvalue weighted by Gasteiger charge is 2.27. The summed E-state index contributed by atoms with van der Waals surface area (Å²) in [5, 5.41) is 2.86. The first-order chi connectivity index (χ1) is 12.2. The average molecular weight is 364 g/mol. The van der Waals surface area contributed by atoms with E-state index in [-0.39, 0.29) is 12.0 Å². The number of nitrogens with zero attached hydrogens (tertiary/aromatic N) is 1. The molecule has 1 N–H and O–H groups in total. The molecule has 2 amide bonds. The SMILES string of the molecule is Cc1ccc(F)cc1C(=O)NCCC1CCCN(C(=O)OC(C)(C)C)C1. The van der Waals surface area contributed by atoms with Crippen LogP contribution in [0.15, 0.2) is 18.2 Å². The lowest BCUT2D eigenvalue weighted by atomic mass is 9.95. The Hall–Kier alpha value is -2.11. The molecule has 1 heterocycles. The third-order valence-corrected chi connectivity index (χ3v) is 4.45. The van der Waals surface area contributed by atoms with Crippen LogP contribution in [0.25, 0.3) is 0 Å². The van der Waals surface area contributed by atoms with Gasteiger partial charge in [0.15, 0.2) is 0 Å². The van der Waals surface area contributed by atoms with Crippen LogP contribution in [-0.4, -0.2) is 42.1 Å². The summed E-state index contributed by atoms with van der Waals surface area (Å²) in [4.78, 5) is 26.2. The standard InChI is InChI=1S/C20H29FN2O3/c1-14-7-8-16(21)12-17(14)18(24)22-10-9-15-6-5-11-23(13-15)19(25)26-20(2,3)4/h7-8,12,15H,5-6,9-11,13H2,1-4H3,(H,22,24). The molecule has 1 aliphatic rings. The van der Waals surface area contributed by atoms with Crippen LogP contribution in [0.1, 0.15) is 56.0 Å². The van der Waals surface area contributed by atoms with Crippen LogP contribution >= 0.6 is 0 Å². The van der Waals surface area contributed by atoms with Crippen molar-refractivity contribution in [2.75, 3.05) is 19.6 Å². The van der Waals surface area contributed by atoms with Crippen molar-refractivity contribution in [1.82, 2.24) is 10.2 Å². The highest BCUT2D eigenvalue weighted by molar-refractivity contribution is 5.95. The zero-order valence-corrected chi connectivity index (χ0v) is 16.1. The molecule has 0 spiro atoms. The molecule has 1 fully saturated rings. The number of benzene rings is 1. The molecule has 0 aliphatic carbocycles. The summed E-state index contributed by atoms with van der Waals surface area (Å²) < 4.78 is 18.8. The van der Waals surface area contributed by atoms with Gasteiger partial charge in [0.2, 0.25) is 0 Å². The fourth-order valence-corrected chi connectivity index (χ4v) is 3.12. The molecule has 1 unspecified atom stereocenters. The smallest absolute Gasteiger partial charge is 0.410 e. The van der Waals surface area contributed by atoms with Gasteiger partial charge >= 0.3 is 6.09 Å². The molecule has 0 saturated carbocycles. The number of carbonyl (C=O) groups is 2. The highest BCUT2D eigenvalue weighted by Crippen LogP contribution is 2.21. The van der Waals surface area contributed by atoms with Crippen molar-refractivity contribution >= 4 is 12.0 Å². The number of hydrogen-bond acceptors (Lipinski definition) is 3. The Bertz CT molecular complexity index is 655. The molecule has 1 aromatic carbocycles. The Kier molecular flexibility index (Phi) is 6.62. The summed E-state index contributed by atoms with van der Waals surface area (Å²) >= 11 is 0. The summed E-state index contributed by atoms with van der Waals surface area (Å²) in [5.74, 6) is -0.354. The van der Waals surface area contributed by atoms with Gasteiger partial charge in [0.05, 0.1) is 0 Å². The van der Waals surface area contributed by atoms with E-state index in [1.807, 2.05) is 20.8 Å². The van der Waals surface area contributed by atoms with Crippen molar-refractivity contribution < 1.29 is 18.7 Å². The van der Waals surface area contributed by atoms with E-state index in [4.69, 9.17) is 4.74 Å².